The molecule has 3 heterocycles. The fourth-order valence-electron chi connectivity index (χ4n) is 9.22. The number of hydrogen-bond donors (Lipinski definition) is 2. The lowest BCUT2D eigenvalue weighted by Crippen LogP contribution is -2.10. The third-order valence-electron chi connectivity index (χ3n) is 13.1. The van der Waals surface area contributed by atoms with Crippen molar-refractivity contribution in [2.45, 2.75) is 88.3 Å². The topological polar surface area (TPSA) is 213 Å². The predicted molar refractivity (Wildman–Crippen MR) is 292 cm³/mol. The van der Waals surface area contributed by atoms with Gasteiger partial charge < -0.3 is 0 Å². The smallest absolute Gasteiger partial charge is 0.290 e. The van der Waals surface area contributed by atoms with Gasteiger partial charge in [-0.2, -0.15) is 16.8 Å². The van der Waals surface area contributed by atoms with Gasteiger partial charge in [0.1, 0.15) is 50.6 Å². The van der Waals surface area contributed by atoms with Crippen molar-refractivity contribution in [1.29, 1.82) is 0 Å². The lowest BCUT2D eigenvalue weighted by Gasteiger charge is -2.19. The quantitative estimate of drug-likeness (QED) is 0.136. The van der Waals surface area contributed by atoms with Gasteiger partial charge in [0.2, 0.25) is 0 Å². The van der Waals surface area contributed by atoms with Gasteiger partial charge >= 0.3 is 10.6 Å². The molecule has 0 aliphatic heterocycles. The highest BCUT2D eigenvalue weighted by Crippen LogP contribution is 2.45. The Hall–Kier alpha value is -7.61. The second-order valence-electron chi connectivity index (χ2n) is 21.4. The second kappa shape index (κ2) is 19.0. The number of nitrogens with zero attached hydrogens (tertiary/aromatic N) is 6. The Morgan fingerprint density at radius 1 is 0.373 bits per heavy atom. The van der Waals surface area contributed by atoms with Gasteiger partial charge in [-0.1, -0.05) is 153 Å². The van der Waals surface area contributed by atoms with Gasteiger partial charge in [0, 0.05) is 33.8 Å². The van der Waals surface area contributed by atoms with Gasteiger partial charge in [0.15, 0.2) is 0 Å². The largest absolute Gasteiger partial charge is 0.425 e. The van der Waals surface area contributed by atoms with Crippen LogP contribution in [0.4, 0.5) is 0 Å². The van der Waals surface area contributed by atoms with Crippen LogP contribution in [-0.4, -0.2) is 67.2 Å². The second-order valence-corrected chi connectivity index (χ2v) is 24.6. The number of aromatic nitrogens is 6. The van der Waals surface area contributed by atoms with E-state index in [9.17, 15) is 25.9 Å². The molecule has 0 unspecified atom stereocenters. The summed E-state index contributed by atoms with van der Waals surface area (Å²) in [5.74, 6) is 1.69. The highest BCUT2D eigenvalue weighted by molar-refractivity contribution is 7.86. The first-order valence-electron chi connectivity index (χ1n) is 23.8. The monoisotopic (exact) mass is 1060 g/mol. The molecule has 3 aromatic heterocycles. The van der Waals surface area contributed by atoms with Crippen molar-refractivity contribution in [2.75, 3.05) is 0 Å². The molecule has 384 valence electrons. The van der Waals surface area contributed by atoms with Crippen molar-refractivity contribution in [1.82, 2.24) is 28.7 Å². The fourth-order valence-corrected chi connectivity index (χ4v) is 10.2. The number of rotatable bonds is 8. The van der Waals surface area contributed by atoms with E-state index in [4.69, 9.17) is 27.6 Å². The Labute approximate surface area is 436 Å². The standard InChI is InChI=1S/C57H54N6O6S2.O3S/c1-55(2,3)38-21-15-35(16-22-38)52-58-46-49(61(52)41-13-11-10-12-14-41)47-51(63(43-29-33-45(34-30-43)71(67,68)69)53(59-47)36-17-23-39(24-18-36)56(4,5)6)48-50(46)62(42-27-31-44(32-28-42)70(64,65)66)54(60-48)37-19-25-40(26-20-37)57(7,8)9;1-4(2)3/h10-34H,1-9H3,(H,64,65,66)(H,67,68,69);. The minimum atomic E-state index is -4.54. The van der Waals surface area contributed by atoms with E-state index in [1.807, 2.05) is 63.7 Å². The van der Waals surface area contributed by atoms with Gasteiger partial charge in [-0.15, -0.1) is 12.6 Å². The molecular formula is C57H54N6O9S3. The normalized spacial score (nSPS) is 12.6. The zero-order valence-electron chi connectivity index (χ0n) is 42.6. The van der Waals surface area contributed by atoms with Crippen molar-refractivity contribution in [3.05, 3.63) is 168 Å². The van der Waals surface area contributed by atoms with Crippen LogP contribution in [0.1, 0.15) is 79.0 Å². The summed E-state index contributed by atoms with van der Waals surface area (Å²) in [5, 5.41) is 0. The molecule has 75 heavy (non-hydrogen) atoms. The molecule has 0 amide bonds. The highest BCUT2D eigenvalue weighted by Gasteiger charge is 2.31. The SMILES string of the molecule is CC(C)(C)c1ccc(-c2nc3c(c4nc(-c5ccc(C(C)(C)C)cc5)n(-c5ccc(S(=O)(=O)O)cc5)c4c4nc(-c5ccc(C(C)(C)C)cc5)n(-c5ccc(S(=O)(=O)O)cc5)c34)n2-c2ccccc2)cc1.O=S(=O)=O. The Morgan fingerprint density at radius 2 is 0.613 bits per heavy atom. The van der Waals surface area contributed by atoms with Crippen molar-refractivity contribution < 1.29 is 38.6 Å². The molecule has 0 saturated heterocycles. The summed E-state index contributed by atoms with van der Waals surface area (Å²) in [5.41, 5.74) is 10.7. The molecule has 0 atom stereocenters. The van der Waals surface area contributed by atoms with E-state index in [2.05, 4.69) is 115 Å². The Morgan fingerprint density at radius 3 is 0.840 bits per heavy atom. The average Bonchev–Trinajstić information content (AvgIpc) is 4.06. The van der Waals surface area contributed by atoms with Crippen molar-refractivity contribution in [3.63, 3.8) is 0 Å². The highest BCUT2D eigenvalue weighted by atomic mass is 32.2. The first kappa shape index (κ1) is 52.3. The summed E-state index contributed by atoms with van der Waals surface area (Å²) < 4.78 is 101. The van der Waals surface area contributed by atoms with Crippen LogP contribution in [0.25, 0.3) is 84.3 Å². The van der Waals surface area contributed by atoms with E-state index in [0.717, 1.165) is 39.1 Å². The van der Waals surface area contributed by atoms with E-state index in [0.29, 0.717) is 61.9 Å². The molecule has 18 heteroatoms. The molecule has 0 bridgehead atoms. The Balaban J connectivity index is 0.00000166. The van der Waals surface area contributed by atoms with Crippen LogP contribution in [0.2, 0.25) is 0 Å². The summed E-state index contributed by atoms with van der Waals surface area (Å²) in [4.78, 5) is 16.2. The van der Waals surface area contributed by atoms with Crippen LogP contribution in [0.5, 0.6) is 0 Å². The Kier molecular flexibility index (Phi) is 13.2. The molecule has 0 spiro atoms. The molecule has 10 aromatic rings. The van der Waals surface area contributed by atoms with Crippen LogP contribution in [0, 0.1) is 0 Å². The van der Waals surface area contributed by atoms with Crippen LogP contribution in [-0.2, 0) is 47.1 Å². The van der Waals surface area contributed by atoms with E-state index in [1.54, 1.807) is 24.3 Å². The van der Waals surface area contributed by atoms with Crippen molar-refractivity contribution in [3.8, 4) is 51.2 Å². The molecule has 10 rings (SSSR count). The fraction of sp³-hybridized carbons (Fsp3) is 0.211. The summed E-state index contributed by atoms with van der Waals surface area (Å²) in [6.07, 6.45) is 0. The third kappa shape index (κ3) is 10.2. The molecule has 0 fully saturated rings. The molecule has 0 radical (unpaired) electrons. The average molecular weight is 1060 g/mol. The maximum absolute atomic E-state index is 12.5. The van der Waals surface area contributed by atoms with Crippen LogP contribution in [0.3, 0.4) is 0 Å². The van der Waals surface area contributed by atoms with Crippen molar-refractivity contribution in [2.24, 2.45) is 0 Å². The minimum absolute atomic E-state index is 0.108. The van der Waals surface area contributed by atoms with E-state index < -0.39 is 30.8 Å². The lowest BCUT2D eigenvalue weighted by molar-refractivity contribution is 0.481. The van der Waals surface area contributed by atoms with Gasteiger partial charge in [-0.05, 0) is 93.6 Å². The zero-order chi connectivity index (χ0) is 54.2. The van der Waals surface area contributed by atoms with Gasteiger partial charge in [0.05, 0.1) is 9.79 Å². The van der Waals surface area contributed by atoms with E-state index in [1.165, 1.54) is 24.3 Å². The van der Waals surface area contributed by atoms with Crippen LogP contribution < -0.4 is 0 Å². The molecule has 15 nitrogen and oxygen atoms in total. The maximum atomic E-state index is 12.5. The molecule has 0 aliphatic rings. The van der Waals surface area contributed by atoms with E-state index in [-0.39, 0.29) is 26.0 Å². The first-order valence-corrected chi connectivity index (χ1v) is 27.7. The summed E-state index contributed by atoms with van der Waals surface area (Å²) in [7, 11) is -12.2. The molecule has 2 N–H and O–H groups in total. The summed E-state index contributed by atoms with van der Waals surface area (Å²) in [6.45, 7) is 19.4. The van der Waals surface area contributed by atoms with Crippen LogP contribution in [0.15, 0.2) is 161 Å². The number of benzene rings is 7. The molecule has 0 saturated carbocycles. The van der Waals surface area contributed by atoms with E-state index >= 15 is 0 Å². The summed E-state index contributed by atoms with van der Waals surface area (Å²) in [6, 6.07) is 46.8. The molecule has 7 aromatic carbocycles. The maximum Gasteiger partial charge on any atom is 0.425 e. The zero-order valence-corrected chi connectivity index (χ0v) is 45.0. The first-order chi connectivity index (χ1) is 35.1. The minimum Gasteiger partial charge on any atom is -0.290 e. The molecular weight excluding hydrogens is 1010 g/mol. The van der Waals surface area contributed by atoms with Crippen LogP contribution >= 0.6 is 0 Å². The predicted octanol–water partition coefficient (Wildman–Crippen LogP) is 12.1. The number of hydrogen-bond acceptors (Lipinski definition) is 10. The van der Waals surface area contributed by atoms with Gasteiger partial charge in [-0.3, -0.25) is 22.8 Å². The number of imidazole rings is 3. The number of para-hydroxylation sites is 1. The Bertz CT molecular complexity index is 4060. The van der Waals surface area contributed by atoms with Gasteiger partial charge in [-0.25, -0.2) is 15.0 Å². The van der Waals surface area contributed by atoms with Crippen molar-refractivity contribution >= 4 is 63.9 Å². The third-order valence-corrected chi connectivity index (χ3v) is 14.9. The lowest BCUT2D eigenvalue weighted by atomic mass is 9.86. The summed E-state index contributed by atoms with van der Waals surface area (Å²) >= 11 is 0. The number of fused-ring (bicyclic) bond motifs is 6. The molecule has 0 aliphatic carbocycles. The van der Waals surface area contributed by atoms with Gasteiger partial charge in [0.25, 0.3) is 20.2 Å².